The number of carbonyl (C=O) groups is 1. The number of rotatable bonds is 7. The predicted molar refractivity (Wildman–Crippen MR) is 110 cm³/mol. The Hall–Kier alpha value is -2.49. The smallest absolute Gasteiger partial charge is 0.261 e. The number of benzene rings is 1. The molecule has 1 aromatic carbocycles. The van der Waals surface area contributed by atoms with Gasteiger partial charge in [0.2, 0.25) is 0 Å². The maximum absolute atomic E-state index is 12.5. The molecule has 0 aliphatic carbocycles. The summed E-state index contributed by atoms with van der Waals surface area (Å²) in [7, 11) is -3.73. The molecule has 0 saturated carbocycles. The first kappa shape index (κ1) is 21.2. The van der Waals surface area contributed by atoms with E-state index in [1.54, 1.807) is 12.1 Å². The maximum atomic E-state index is 12.5. The molecule has 0 radical (unpaired) electrons. The van der Waals surface area contributed by atoms with E-state index in [0.717, 1.165) is 13.1 Å². The molecule has 3 rings (SSSR count). The van der Waals surface area contributed by atoms with Gasteiger partial charge in [0.05, 0.1) is 23.8 Å². The van der Waals surface area contributed by atoms with Crippen molar-refractivity contribution in [2.75, 3.05) is 37.6 Å². The van der Waals surface area contributed by atoms with Crippen molar-refractivity contribution in [2.45, 2.75) is 24.3 Å². The molecular formula is C20H26N4O4S. The summed E-state index contributed by atoms with van der Waals surface area (Å²) >= 11 is 0. The Morgan fingerprint density at radius 2 is 1.72 bits per heavy atom. The van der Waals surface area contributed by atoms with E-state index in [9.17, 15) is 13.2 Å². The number of amides is 1. The van der Waals surface area contributed by atoms with Crippen LogP contribution in [0, 0.1) is 0 Å². The summed E-state index contributed by atoms with van der Waals surface area (Å²) in [5.74, 6) is -0.239. The van der Waals surface area contributed by atoms with E-state index in [4.69, 9.17) is 4.74 Å². The van der Waals surface area contributed by atoms with Gasteiger partial charge in [0, 0.05) is 43.1 Å². The van der Waals surface area contributed by atoms with E-state index in [0.29, 0.717) is 31.0 Å². The number of anilines is 1. The van der Waals surface area contributed by atoms with Crippen molar-refractivity contribution in [2.24, 2.45) is 0 Å². The lowest BCUT2D eigenvalue weighted by atomic mass is 10.0. The molecule has 2 aromatic rings. The Morgan fingerprint density at radius 3 is 2.34 bits per heavy atom. The summed E-state index contributed by atoms with van der Waals surface area (Å²) < 4.78 is 32.8. The van der Waals surface area contributed by atoms with Crippen LogP contribution in [0.25, 0.3) is 0 Å². The zero-order valence-corrected chi connectivity index (χ0v) is 17.4. The summed E-state index contributed by atoms with van der Waals surface area (Å²) in [5.41, 5.74) is 0.634. The van der Waals surface area contributed by atoms with Gasteiger partial charge in [-0.2, -0.15) is 0 Å². The van der Waals surface area contributed by atoms with Crippen LogP contribution in [0.2, 0.25) is 0 Å². The zero-order chi connectivity index (χ0) is 20.9. The van der Waals surface area contributed by atoms with E-state index in [1.165, 1.54) is 36.7 Å². The van der Waals surface area contributed by atoms with Crippen molar-refractivity contribution in [3.05, 3.63) is 54.4 Å². The Bertz CT molecular complexity index is 925. The van der Waals surface area contributed by atoms with E-state index in [2.05, 4.69) is 33.8 Å². The summed E-state index contributed by atoms with van der Waals surface area (Å²) in [4.78, 5) is 18.7. The van der Waals surface area contributed by atoms with E-state index >= 15 is 0 Å². The Kier molecular flexibility index (Phi) is 6.51. The van der Waals surface area contributed by atoms with Gasteiger partial charge in [0.1, 0.15) is 0 Å². The fourth-order valence-electron chi connectivity index (χ4n) is 3.10. The molecule has 1 saturated heterocycles. The first-order valence-corrected chi connectivity index (χ1v) is 10.9. The van der Waals surface area contributed by atoms with Crippen molar-refractivity contribution in [1.29, 1.82) is 0 Å². The van der Waals surface area contributed by atoms with Gasteiger partial charge in [-0.1, -0.05) is 0 Å². The average molecular weight is 419 g/mol. The monoisotopic (exact) mass is 418 g/mol. The highest BCUT2D eigenvalue weighted by Crippen LogP contribution is 2.17. The molecule has 0 atom stereocenters. The van der Waals surface area contributed by atoms with Gasteiger partial charge in [0.25, 0.3) is 15.9 Å². The van der Waals surface area contributed by atoms with Crippen LogP contribution in [0.4, 0.5) is 5.69 Å². The highest BCUT2D eigenvalue weighted by atomic mass is 32.2. The number of hydrogen-bond acceptors (Lipinski definition) is 6. The number of aromatic nitrogens is 1. The van der Waals surface area contributed by atoms with Crippen LogP contribution in [0.1, 0.15) is 24.2 Å². The number of nitrogens with zero attached hydrogens (tertiary/aromatic N) is 2. The molecule has 156 valence electrons. The third-order valence-electron chi connectivity index (χ3n) is 4.91. The maximum Gasteiger partial charge on any atom is 0.261 e. The lowest BCUT2D eigenvalue weighted by molar-refractivity contribution is -0.00923. The van der Waals surface area contributed by atoms with Crippen molar-refractivity contribution in [1.82, 2.24) is 15.2 Å². The van der Waals surface area contributed by atoms with Crippen molar-refractivity contribution >= 4 is 21.6 Å². The van der Waals surface area contributed by atoms with E-state index in [1.807, 2.05) is 0 Å². The van der Waals surface area contributed by atoms with Gasteiger partial charge in [-0.3, -0.25) is 19.4 Å². The summed E-state index contributed by atoms with van der Waals surface area (Å²) in [5, 5.41) is 2.94. The molecule has 1 aliphatic rings. The van der Waals surface area contributed by atoms with Crippen LogP contribution < -0.4 is 10.0 Å². The molecular weight excluding hydrogens is 392 g/mol. The number of pyridine rings is 1. The Balaban J connectivity index is 1.61. The van der Waals surface area contributed by atoms with Crippen LogP contribution in [0.3, 0.4) is 0 Å². The summed E-state index contributed by atoms with van der Waals surface area (Å²) in [6.45, 7) is 7.70. The largest absolute Gasteiger partial charge is 0.379 e. The molecule has 2 N–H and O–H groups in total. The highest BCUT2D eigenvalue weighted by molar-refractivity contribution is 7.92. The van der Waals surface area contributed by atoms with Crippen molar-refractivity contribution in [3.63, 3.8) is 0 Å². The van der Waals surface area contributed by atoms with Gasteiger partial charge in [-0.15, -0.1) is 0 Å². The standard InChI is InChI=1S/C20H26N4O4S/c1-20(2,24-11-13-28-14-12-24)15-22-19(25)16-3-5-18(6-4-16)29(26,27)23-17-7-9-21-10-8-17/h3-10H,11-15H2,1-2H3,(H,21,23)(H,22,25). The minimum Gasteiger partial charge on any atom is -0.379 e. The average Bonchev–Trinajstić information content (AvgIpc) is 2.73. The van der Waals surface area contributed by atoms with Crippen LogP contribution in [-0.2, 0) is 14.8 Å². The number of carbonyl (C=O) groups excluding carboxylic acids is 1. The van der Waals surface area contributed by atoms with Gasteiger partial charge >= 0.3 is 0 Å². The molecule has 0 bridgehead atoms. The lowest BCUT2D eigenvalue weighted by Crippen LogP contribution is -2.55. The third-order valence-corrected chi connectivity index (χ3v) is 6.31. The number of morpholine rings is 1. The fraction of sp³-hybridized carbons (Fsp3) is 0.400. The second kappa shape index (κ2) is 8.89. The second-order valence-electron chi connectivity index (χ2n) is 7.46. The van der Waals surface area contributed by atoms with Gasteiger partial charge in [-0.05, 0) is 50.2 Å². The minimum absolute atomic E-state index is 0.0829. The first-order valence-electron chi connectivity index (χ1n) is 9.42. The number of ether oxygens (including phenoxy) is 1. The van der Waals surface area contributed by atoms with E-state index in [-0.39, 0.29) is 16.3 Å². The molecule has 29 heavy (non-hydrogen) atoms. The molecule has 2 heterocycles. The fourth-order valence-corrected chi connectivity index (χ4v) is 4.16. The number of nitrogens with one attached hydrogen (secondary N) is 2. The molecule has 9 heteroatoms. The number of sulfonamides is 1. The van der Waals surface area contributed by atoms with Crippen LogP contribution in [0.5, 0.6) is 0 Å². The molecule has 0 spiro atoms. The van der Waals surface area contributed by atoms with Crippen molar-refractivity contribution < 1.29 is 17.9 Å². The van der Waals surface area contributed by atoms with Crippen LogP contribution in [0.15, 0.2) is 53.7 Å². The summed E-state index contributed by atoms with van der Waals surface area (Å²) in [6, 6.07) is 9.00. The minimum atomic E-state index is -3.73. The molecule has 0 unspecified atom stereocenters. The molecule has 1 aliphatic heterocycles. The second-order valence-corrected chi connectivity index (χ2v) is 9.14. The topological polar surface area (TPSA) is 101 Å². The Morgan fingerprint density at radius 1 is 1.10 bits per heavy atom. The zero-order valence-electron chi connectivity index (χ0n) is 16.6. The molecule has 1 aromatic heterocycles. The Labute approximate surface area is 171 Å². The SMILES string of the molecule is CC(C)(CNC(=O)c1ccc(S(=O)(=O)Nc2ccncc2)cc1)N1CCOCC1. The summed E-state index contributed by atoms with van der Waals surface area (Å²) in [6.07, 6.45) is 3.01. The van der Waals surface area contributed by atoms with Crippen molar-refractivity contribution in [3.8, 4) is 0 Å². The normalized spacial score (nSPS) is 15.7. The molecule has 1 amide bonds. The molecule has 1 fully saturated rings. The molecule has 8 nitrogen and oxygen atoms in total. The van der Waals surface area contributed by atoms with Crippen LogP contribution in [-0.4, -0.2) is 62.6 Å². The van der Waals surface area contributed by atoms with E-state index < -0.39 is 10.0 Å². The van der Waals surface area contributed by atoms with Gasteiger partial charge in [0.15, 0.2) is 0 Å². The van der Waals surface area contributed by atoms with Gasteiger partial charge in [-0.25, -0.2) is 8.42 Å². The number of hydrogen-bond donors (Lipinski definition) is 2. The lowest BCUT2D eigenvalue weighted by Gasteiger charge is -2.40. The van der Waals surface area contributed by atoms with Crippen LogP contribution >= 0.6 is 0 Å². The third kappa shape index (κ3) is 5.53. The predicted octanol–water partition coefficient (Wildman–Crippen LogP) is 1.72. The first-order chi connectivity index (χ1) is 13.8. The van der Waals surface area contributed by atoms with Gasteiger partial charge < -0.3 is 10.1 Å². The highest BCUT2D eigenvalue weighted by Gasteiger charge is 2.28. The quantitative estimate of drug-likeness (QED) is 0.710.